The molecule has 1 saturated heterocycles. The summed E-state index contributed by atoms with van der Waals surface area (Å²) in [6, 6.07) is 23.5. The number of carbonyl (C=O) groups is 1. The van der Waals surface area contributed by atoms with Crippen LogP contribution in [0.2, 0.25) is 0 Å². The van der Waals surface area contributed by atoms with E-state index in [9.17, 15) is 4.79 Å². The Morgan fingerprint density at radius 1 is 0.667 bits per heavy atom. The number of piperazine rings is 1. The van der Waals surface area contributed by atoms with Gasteiger partial charge in [-0.05, 0) is 86.0 Å². The van der Waals surface area contributed by atoms with E-state index in [1.54, 1.807) is 46.9 Å². The first-order valence-electron chi connectivity index (χ1n) is 20.4. The van der Waals surface area contributed by atoms with E-state index in [0.717, 1.165) is 103 Å². The summed E-state index contributed by atoms with van der Waals surface area (Å²) >= 11 is 1.68. The van der Waals surface area contributed by atoms with Crippen LogP contribution in [0.3, 0.4) is 0 Å². The van der Waals surface area contributed by atoms with E-state index < -0.39 is 0 Å². The summed E-state index contributed by atoms with van der Waals surface area (Å²) in [6.07, 6.45) is 3.39. The number of hydrogen-bond donors (Lipinski definition) is 0. The third-order valence-corrected chi connectivity index (χ3v) is 12.1. The molecule has 7 rings (SSSR count). The van der Waals surface area contributed by atoms with Gasteiger partial charge in [-0.25, -0.2) is 9.99 Å². The zero-order chi connectivity index (χ0) is 42.0. The Morgan fingerprint density at radius 2 is 1.30 bits per heavy atom. The van der Waals surface area contributed by atoms with Crippen LogP contribution in [0, 0.1) is 0 Å². The van der Waals surface area contributed by atoms with Gasteiger partial charge in [0, 0.05) is 57.2 Å². The second kappa shape index (κ2) is 20.1. The zero-order valence-corrected chi connectivity index (χ0v) is 36.2. The van der Waals surface area contributed by atoms with Crippen molar-refractivity contribution in [3.05, 3.63) is 83.9 Å². The Labute approximate surface area is 356 Å². The van der Waals surface area contributed by atoms with E-state index in [0.29, 0.717) is 48.4 Å². The second-order valence-corrected chi connectivity index (χ2v) is 15.8. The standard InChI is InChI=1S/C46H55N5O8S/c1-31(52)51-37(30-36(48-51)34-28-42(55-4)45(57-6)43(29-34)56-5)32-14-16-38(53-2)41(26-32)59-24-10-9-18-49-20-22-50(23-21-49)19-11-25-58-39-17-15-33(27-40(39)54-3)46-47-35-12-7-8-13-44(35)60-46/h7-8,12-17,26-29,37H,9-11,18-25,30H2,1-6H3. The molecule has 0 saturated carbocycles. The maximum absolute atomic E-state index is 12.8. The summed E-state index contributed by atoms with van der Waals surface area (Å²) in [5.41, 5.74) is 4.47. The number of hydrazone groups is 1. The predicted octanol–water partition coefficient (Wildman–Crippen LogP) is 7.95. The maximum atomic E-state index is 12.8. The minimum absolute atomic E-state index is 0.157. The maximum Gasteiger partial charge on any atom is 0.240 e. The first-order valence-corrected chi connectivity index (χ1v) is 21.2. The molecule has 0 bridgehead atoms. The number of benzene rings is 4. The molecule has 1 atom stereocenters. The van der Waals surface area contributed by atoms with Crippen LogP contribution in [-0.2, 0) is 4.79 Å². The molecular weight excluding hydrogens is 783 g/mol. The zero-order valence-electron chi connectivity index (χ0n) is 35.4. The topological polar surface area (TPSA) is 117 Å². The molecule has 2 aliphatic heterocycles. The highest BCUT2D eigenvalue weighted by Crippen LogP contribution is 2.42. The fourth-order valence-corrected chi connectivity index (χ4v) is 8.70. The van der Waals surface area contributed by atoms with Crippen LogP contribution in [0.1, 0.15) is 49.8 Å². The Hall–Kier alpha value is -5.57. The molecule has 2 aliphatic rings. The van der Waals surface area contributed by atoms with Gasteiger partial charge in [0.25, 0.3) is 0 Å². The lowest BCUT2D eigenvalue weighted by atomic mass is 9.97. The summed E-state index contributed by atoms with van der Waals surface area (Å²) in [4.78, 5) is 22.7. The molecule has 0 spiro atoms. The molecule has 5 aromatic rings. The van der Waals surface area contributed by atoms with Crippen molar-refractivity contribution in [2.45, 2.75) is 38.6 Å². The summed E-state index contributed by atoms with van der Waals surface area (Å²) in [5, 5.41) is 7.24. The highest BCUT2D eigenvalue weighted by Gasteiger charge is 2.33. The van der Waals surface area contributed by atoms with Crippen molar-refractivity contribution in [1.82, 2.24) is 19.8 Å². The normalized spacial score (nSPS) is 15.8. The van der Waals surface area contributed by atoms with E-state index in [4.69, 9.17) is 43.2 Å². The quantitative estimate of drug-likeness (QED) is 0.0755. The van der Waals surface area contributed by atoms with Gasteiger partial charge in [0.05, 0.1) is 70.7 Å². The van der Waals surface area contributed by atoms with E-state index in [1.807, 2.05) is 60.7 Å². The molecule has 13 nitrogen and oxygen atoms in total. The monoisotopic (exact) mass is 837 g/mol. The third-order valence-electron chi connectivity index (χ3n) is 11.0. The molecule has 1 aromatic heterocycles. The van der Waals surface area contributed by atoms with Gasteiger partial charge in [0.1, 0.15) is 5.01 Å². The number of thiazole rings is 1. The number of unbranched alkanes of at least 4 members (excludes halogenated alkanes) is 1. The number of carbonyl (C=O) groups excluding carboxylic acids is 1. The predicted molar refractivity (Wildman–Crippen MR) is 235 cm³/mol. The van der Waals surface area contributed by atoms with Gasteiger partial charge in [-0.3, -0.25) is 4.79 Å². The van der Waals surface area contributed by atoms with Gasteiger partial charge in [0.15, 0.2) is 34.5 Å². The summed E-state index contributed by atoms with van der Waals surface area (Å²) < 4.78 is 41.6. The smallest absolute Gasteiger partial charge is 0.240 e. The van der Waals surface area contributed by atoms with Gasteiger partial charge in [0.2, 0.25) is 11.7 Å². The first-order chi connectivity index (χ1) is 29.3. The second-order valence-electron chi connectivity index (χ2n) is 14.7. The SMILES string of the molecule is COc1ccc(C2CC(c3cc(OC)c(OC)c(OC)c3)=NN2C(C)=O)cc1OCCCCN1CCN(CCCOc2ccc(-c3nc4ccccc4s3)cc2OC)CC1. The van der Waals surface area contributed by atoms with Crippen LogP contribution >= 0.6 is 11.3 Å². The van der Waals surface area contributed by atoms with Crippen LogP contribution < -0.4 is 33.2 Å². The van der Waals surface area contributed by atoms with Gasteiger partial charge in [-0.2, -0.15) is 5.10 Å². The molecule has 318 valence electrons. The van der Waals surface area contributed by atoms with Crippen molar-refractivity contribution in [3.63, 3.8) is 0 Å². The van der Waals surface area contributed by atoms with E-state index in [-0.39, 0.29) is 11.9 Å². The molecule has 3 heterocycles. The van der Waals surface area contributed by atoms with E-state index >= 15 is 0 Å². The number of fused-ring (bicyclic) bond motifs is 1. The summed E-state index contributed by atoms with van der Waals surface area (Å²) in [6.45, 7) is 8.93. The number of aromatic nitrogens is 1. The van der Waals surface area contributed by atoms with Crippen molar-refractivity contribution < 1.29 is 38.0 Å². The van der Waals surface area contributed by atoms with Gasteiger partial charge in [-0.15, -0.1) is 11.3 Å². The van der Waals surface area contributed by atoms with Crippen molar-refractivity contribution in [2.75, 3.05) is 88.0 Å². The fourth-order valence-electron chi connectivity index (χ4n) is 7.74. The molecule has 60 heavy (non-hydrogen) atoms. The lowest BCUT2D eigenvalue weighted by Crippen LogP contribution is -2.46. The molecule has 1 amide bonds. The fraction of sp³-hybridized carbons (Fsp3) is 0.413. The average molecular weight is 838 g/mol. The number of methoxy groups -OCH3 is 5. The highest BCUT2D eigenvalue weighted by atomic mass is 32.1. The molecule has 1 fully saturated rings. The van der Waals surface area contributed by atoms with Gasteiger partial charge >= 0.3 is 0 Å². The Kier molecular flexibility index (Phi) is 14.3. The number of ether oxygens (including phenoxy) is 7. The average Bonchev–Trinajstić information content (AvgIpc) is 3.94. The number of para-hydroxylation sites is 1. The lowest BCUT2D eigenvalue weighted by Gasteiger charge is -2.34. The minimum Gasteiger partial charge on any atom is -0.493 e. The number of amides is 1. The van der Waals surface area contributed by atoms with Crippen molar-refractivity contribution in [1.29, 1.82) is 0 Å². The first kappa shape index (κ1) is 42.6. The number of nitrogens with zero attached hydrogens (tertiary/aromatic N) is 5. The van der Waals surface area contributed by atoms with E-state index in [2.05, 4.69) is 21.9 Å². The molecule has 0 N–H and O–H groups in total. The van der Waals surface area contributed by atoms with Crippen molar-refractivity contribution in [2.24, 2.45) is 5.10 Å². The Balaban J connectivity index is 0.835. The number of rotatable bonds is 19. The van der Waals surface area contributed by atoms with Crippen LogP contribution in [0.5, 0.6) is 40.2 Å². The van der Waals surface area contributed by atoms with Crippen LogP contribution in [-0.4, -0.2) is 119 Å². The summed E-state index contributed by atoms with van der Waals surface area (Å²) in [7, 11) is 8.04. The number of hydrogen-bond acceptors (Lipinski definition) is 13. The van der Waals surface area contributed by atoms with Gasteiger partial charge < -0.3 is 43.0 Å². The molecule has 1 unspecified atom stereocenters. The minimum atomic E-state index is -0.312. The molecule has 0 aliphatic carbocycles. The molecular formula is C46H55N5O8S. The highest BCUT2D eigenvalue weighted by molar-refractivity contribution is 7.21. The van der Waals surface area contributed by atoms with Crippen LogP contribution in [0.15, 0.2) is 77.9 Å². The largest absolute Gasteiger partial charge is 0.493 e. The van der Waals surface area contributed by atoms with Crippen LogP contribution in [0.4, 0.5) is 0 Å². The van der Waals surface area contributed by atoms with E-state index in [1.165, 1.54) is 16.6 Å². The lowest BCUT2D eigenvalue weighted by molar-refractivity contribution is -0.130. The van der Waals surface area contributed by atoms with Crippen molar-refractivity contribution in [3.8, 4) is 50.8 Å². The molecule has 14 heteroatoms. The van der Waals surface area contributed by atoms with Crippen molar-refractivity contribution >= 4 is 33.2 Å². The molecule has 0 radical (unpaired) electrons. The molecule has 4 aromatic carbocycles. The Bertz CT molecular complexity index is 2210. The summed E-state index contributed by atoms with van der Waals surface area (Å²) in [5.74, 6) is 4.17. The van der Waals surface area contributed by atoms with Crippen LogP contribution in [0.25, 0.3) is 20.8 Å². The van der Waals surface area contributed by atoms with Gasteiger partial charge in [-0.1, -0.05) is 18.2 Å². The Morgan fingerprint density at radius 3 is 1.97 bits per heavy atom. The third kappa shape index (κ3) is 9.89.